The maximum atomic E-state index is 13.0. The van der Waals surface area contributed by atoms with Crippen LogP contribution in [0.4, 0.5) is 0 Å². The Morgan fingerprint density at radius 1 is 0.479 bits per heavy atom. The summed E-state index contributed by atoms with van der Waals surface area (Å²) in [5.74, 6) is -0.174. The SMILES string of the molecule is CC/C=C\C/C=C\C/C=C\C/C=C\CCCCCCCCCCCCCCCCCCCCC(=O)NC(COP(=O)(O)OCC[N+](C)(C)C)C(O)/C=C/CCCCCCCCCCCCCCCCCCCC. The van der Waals surface area contributed by atoms with Crippen LogP contribution < -0.4 is 5.32 Å². The highest BCUT2D eigenvalue weighted by Crippen LogP contribution is 2.43. The van der Waals surface area contributed by atoms with Gasteiger partial charge in [0.25, 0.3) is 0 Å². The fourth-order valence-corrected chi connectivity index (χ4v) is 9.89. The van der Waals surface area contributed by atoms with Gasteiger partial charge in [0.1, 0.15) is 13.2 Å². The number of phosphoric acid groups is 1. The molecule has 0 radical (unpaired) electrons. The molecular weight excluding hydrogens is 924 g/mol. The van der Waals surface area contributed by atoms with Gasteiger partial charge in [-0.25, -0.2) is 4.57 Å². The lowest BCUT2D eigenvalue weighted by molar-refractivity contribution is -0.870. The lowest BCUT2D eigenvalue weighted by Crippen LogP contribution is -2.45. The van der Waals surface area contributed by atoms with E-state index in [9.17, 15) is 19.4 Å². The van der Waals surface area contributed by atoms with Gasteiger partial charge in [0.05, 0.1) is 39.9 Å². The van der Waals surface area contributed by atoms with Gasteiger partial charge in [-0.05, 0) is 57.8 Å². The van der Waals surface area contributed by atoms with Crippen LogP contribution in [0.25, 0.3) is 0 Å². The van der Waals surface area contributed by atoms with Crippen molar-refractivity contribution >= 4 is 13.7 Å². The van der Waals surface area contributed by atoms with E-state index in [0.717, 1.165) is 64.2 Å². The number of unbranched alkanes of at least 4 members (excludes halogenated alkanes) is 36. The van der Waals surface area contributed by atoms with Crippen LogP contribution in [0.2, 0.25) is 0 Å². The molecule has 0 spiro atoms. The van der Waals surface area contributed by atoms with Crippen molar-refractivity contribution in [2.75, 3.05) is 40.9 Å². The standard InChI is InChI=1S/C64H121N2O6P/c1-6-8-10-12-14-16-18-20-22-24-26-28-29-30-31-32-33-34-35-36-37-38-40-42-44-46-48-50-52-54-56-58-64(68)65-62(61-72-73(69,70)71-60-59-66(3,4)5)63(67)57-55-53-51-49-47-45-43-41-39-27-25-23-21-19-17-15-13-11-9-7-2/h8,10,14,16,20,22,26,28,55,57,62-63,67H,6-7,9,11-13,15,17-19,21,23-25,27,29-54,56,58-61H2,1-5H3,(H-,65,68,69,70)/p+1/b10-8-,16-14-,22-20-,28-26-,57-55+. The second kappa shape index (κ2) is 55.0. The summed E-state index contributed by atoms with van der Waals surface area (Å²) in [4.78, 5) is 23.4. The number of nitrogens with zero attached hydrogens (tertiary/aromatic N) is 1. The Hall–Kier alpha value is -1.80. The number of aliphatic hydroxyl groups is 1. The summed E-state index contributed by atoms with van der Waals surface area (Å²) in [7, 11) is 1.58. The molecule has 0 bridgehead atoms. The third-order valence-corrected chi connectivity index (χ3v) is 15.0. The Morgan fingerprint density at radius 2 is 0.822 bits per heavy atom. The van der Waals surface area contributed by atoms with Crippen LogP contribution in [0.3, 0.4) is 0 Å². The molecule has 8 nitrogen and oxygen atoms in total. The van der Waals surface area contributed by atoms with E-state index in [0.29, 0.717) is 17.4 Å². The molecule has 0 aromatic carbocycles. The van der Waals surface area contributed by atoms with Crippen LogP contribution in [-0.2, 0) is 18.4 Å². The molecule has 3 atom stereocenters. The maximum absolute atomic E-state index is 13.0. The molecule has 9 heteroatoms. The van der Waals surface area contributed by atoms with Crippen molar-refractivity contribution in [1.82, 2.24) is 5.32 Å². The van der Waals surface area contributed by atoms with Crippen LogP contribution in [-0.4, -0.2) is 73.4 Å². The first-order valence-electron chi connectivity index (χ1n) is 31.2. The summed E-state index contributed by atoms with van der Waals surface area (Å²) in [6, 6.07) is -0.848. The number of likely N-dealkylation sites (N-methyl/N-ethyl adjacent to an activating group) is 1. The highest BCUT2D eigenvalue weighted by Gasteiger charge is 2.27. The number of quaternary nitrogens is 1. The van der Waals surface area contributed by atoms with Gasteiger partial charge in [0.2, 0.25) is 5.91 Å². The largest absolute Gasteiger partial charge is 0.472 e. The molecule has 0 aromatic rings. The second-order valence-corrected chi connectivity index (χ2v) is 23.9. The topological polar surface area (TPSA) is 105 Å². The Kier molecular flexibility index (Phi) is 53.6. The highest BCUT2D eigenvalue weighted by atomic mass is 31.2. The number of aliphatic hydroxyl groups excluding tert-OH is 1. The smallest absolute Gasteiger partial charge is 0.387 e. The molecule has 73 heavy (non-hydrogen) atoms. The summed E-state index contributed by atoms with van der Waals surface area (Å²) in [6.07, 6.45) is 74.8. The van der Waals surface area contributed by atoms with Crippen molar-refractivity contribution in [2.24, 2.45) is 0 Å². The van der Waals surface area contributed by atoms with E-state index in [1.807, 2.05) is 27.2 Å². The van der Waals surface area contributed by atoms with Crippen molar-refractivity contribution in [3.05, 3.63) is 60.8 Å². The zero-order valence-electron chi connectivity index (χ0n) is 48.9. The number of allylic oxidation sites excluding steroid dienone is 9. The Labute approximate surface area is 453 Å². The zero-order chi connectivity index (χ0) is 53.5. The molecule has 0 aliphatic rings. The molecule has 0 rings (SSSR count). The molecule has 0 saturated carbocycles. The lowest BCUT2D eigenvalue weighted by atomic mass is 10.0. The first kappa shape index (κ1) is 71.2. The second-order valence-electron chi connectivity index (χ2n) is 22.4. The molecule has 0 heterocycles. The fourth-order valence-electron chi connectivity index (χ4n) is 9.15. The van der Waals surface area contributed by atoms with Crippen molar-refractivity contribution < 1.29 is 32.9 Å². The molecule has 0 aromatic heterocycles. The number of phosphoric ester groups is 1. The normalized spacial score (nSPS) is 14.2. The van der Waals surface area contributed by atoms with Gasteiger partial charge >= 0.3 is 7.82 Å². The number of hydrogen-bond acceptors (Lipinski definition) is 5. The Bertz CT molecular complexity index is 1370. The van der Waals surface area contributed by atoms with Crippen molar-refractivity contribution in [3.63, 3.8) is 0 Å². The molecule has 428 valence electrons. The third kappa shape index (κ3) is 57.7. The van der Waals surface area contributed by atoms with Crippen LogP contribution in [0.1, 0.15) is 290 Å². The first-order valence-corrected chi connectivity index (χ1v) is 32.7. The fraction of sp³-hybridized carbons (Fsp3) is 0.828. The van der Waals surface area contributed by atoms with Gasteiger partial charge in [-0.2, -0.15) is 0 Å². The summed E-state index contributed by atoms with van der Waals surface area (Å²) in [6.45, 7) is 4.74. The number of amides is 1. The van der Waals surface area contributed by atoms with Crippen LogP contribution >= 0.6 is 7.82 Å². The summed E-state index contributed by atoms with van der Waals surface area (Å²) in [5, 5.41) is 14.0. The summed E-state index contributed by atoms with van der Waals surface area (Å²) >= 11 is 0. The molecule has 0 fully saturated rings. The van der Waals surface area contributed by atoms with Crippen LogP contribution in [0.15, 0.2) is 60.8 Å². The van der Waals surface area contributed by atoms with Gasteiger partial charge in [-0.15, -0.1) is 0 Å². The average molecular weight is 1050 g/mol. The molecule has 3 unspecified atom stereocenters. The van der Waals surface area contributed by atoms with E-state index in [1.165, 1.54) is 205 Å². The number of nitrogens with one attached hydrogen (secondary N) is 1. The minimum absolute atomic E-state index is 0.0618. The van der Waals surface area contributed by atoms with Crippen molar-refractivity contribution in [2.45, 2.75) is 302 Å². The first-order chi connectivity index (χ1) is 35.5. The van der Waals surface area contributed by atoms with E-state index >= 15 is 0 Å². The van der Waals surface area contributed by atoms with E-state index < -0.39 is 20.0 Å². The quantitative estimate of drug-likeness (QED) is 0.0243. The van der Waals surface area contributed by atoms with Gasteiger partial charge in [-0.3, -0.25) is 13.8 Å². The van der Waals surface area contributed by atoms with E-state index in [1.54, 1.807) is 6.08 Å². The predicted octanol–water partition coefficient (Wildman–Crippen LogP) is 19.3. The highest BCUT2D eigenvalue weighted by molar-refractivity contribution is 7.47. The Morgan fingerprint density at radius 3 is 1.21 bits per heavy atom. The van der Waals surface area contributed by atoms with E-state index in [4.69, 9.17) is 9.05 Å². The molecule has 3 N–H and O–H groups in total. The molecule has 1 amide bonds. The summed E-state index contributed by atoms with van der Waals surface area (Å²) in [5.41, 5.74) is 0. The minimum atomic E-state index is -4.35. The Balaban J connectivity index is 4.10. The monoisotopic (exact) mass is 1050 g/mol. The molecular formula is C64H122N2O6P+. The lowest BCUT2D eigenvalue weighted by Gasteiger charge is -2.25. The van der Waals surface area contributed by atoms with Crippen molar-refractivity contribution in [1.29, 1.82) is 0 Å². The van der Waals surface area contributed by atoms with Gasteiger partial charge in [0.15, 0.2) is 0 Å². The number of carbonyl (C=O) groups is 1. The van der Waals surface area contributed by atoms with E-state index in [-0.39, 0.29) is 19.1 Å². The number of carbonyl (C=O) groups excluding carboxylic acids is 1. The van der Waals surface area contributed by atoms with Gasteiger partial charge in [0, 0.05) is 6.42 Å². The molecule has 0 aliphatic carbocycles. The van der Waals surface area contributed by atoms with E-state index in [2.05, 4.69) is 67.8 Å². The van der Waals surface area contributed by atoms with Crippen LogP contribution in [0.5, 0.6) is 0 Å². The predicted molar refractivity (Wildman–Crippen MR) is 318 cm³/mol. The average Bonchev–Trinajstić information content (AvgIpc) is 3.35. The van der Waals surface area contributed by atoms with Gasteiger partial charge < -0.3 is 19.8 Å². The molecule has 0 aliphatic heterocycles. The van der Waals surface area contributed by atoms with Crippen molar-refractivity contribution in [3.8, 4) is 0 Å². The third-order valence-electron chi connectivity index (χ3n) is 14.0. The maximum Gasteiger partial charge on any atom is 0.472 e. The molecule has 0 saturated heterocycles. The van der Waals surface area contributed by atoms with Gasteiger partial charge in [-0.1, -0.05) is 286 Å². The zero-order valence-corrected chi connectivity index (χ0v) is 49.8. The summed E-state index contributed by atoms with van der Waals surface area (Å²) < 4.78 is 23.8. The number of hydrogen-bond donors (Lipinski definition) is 3. The number of rotatable bonds is 57. The van der Waals surface area contributed by atoms with Crippen LogP contribution in [0, 0.1) is 0 Å². The minimum Gasteiger partial charge on any atom is -0.387 e.